The Balaban J connectivity index is 2.44. The number of hydrogen-bond acceptors (Lipinski definition) is 2. The zero-order valence-electron chi connectivity index (χ0n) is 11.3. The normalized spacial score (nSPS) is 20.0. The summed E-state index contributed by atoms with van der Waals surface area (Å²) in [4.78, 5) is 1.99. The molecule has 0 bridgehead atoms. The first-order valence-electron chi connectivity index (χ1n) is 6.63. The highest BCUT2D eigenvalue weighted by molar-refractivity contribution is 5.97. The zero-order valence-corrected chi connectivity index (χ0v) is 11.3. The molecular formula is C14H18F3N3. The monoisotopic (exact) mass is 285 g/mol. The third-order valence-electron chi connectivity index (χ3n) is 3.73. The number of hydrogen-bond donors (Lipinski definition) is 2. The average Bonchev–Trinajstić information content (AvgIpc) is 2.37. The molecule has 0 aromatic heterocycles. The molecule has 110 valence electrons. The van der Waals surface area contributed by atoms with Gasteiger partial charge in [-0.2, -0.15) is 13.2 Å². The molecule has 3 nitrogen and oxygen atoms in total. The van der Waals surface area contributed by atoms with Gasteiger partial charge in [0.2, 0.25) is 0 Å². The number of nitrogens with one attached hydrogen (secondary N) is 1. The van der Waals surface area contributed by atoms with E-state index in [1.54, 1.807) is 6.07 Å². The lowest BCUT2D eigenvalue weighted by Gasteiger charge is -2.36. The van der Waals surface area contributed by atoms with Gasteiger partial charge in [0.25, 0.3) is 0 Å². The fraction of sp³-hybridized carbons (Fsp3) is 0.500. The Morgan fingerprint density at radius 3 is 2.60 bits per heavy atom. The fourth-order valence-corrected chi connectivity index (χ4v) is 2.66. The third-order valence-corrected chi connectivity index (χ3v) is 3.73. The molecule has 0 amide bonds. The van der Waals surface area contributed by atoms with E-state index in [-0.39, 0.29) is 11.6 Å². The summed E-state index contributed by atoms with van der Waals surface area (Å²) in [6.07, 6.45) is -1.43. The van der Waals surface area contributed by atoms with Gasteiger partial charge in [0.15, 0.2) is 0 Å². The van der Waals surface area contributed by atoms with Crippen molar-refractivity contribution in [1.82, 2.24) is 0 Å². The van der Waals surface area contributed by atoms with E-state index in [4.69, 9.17) is 11.1 Å². The first-order valence-corrected chi connectivity index (χ1v) is 6.63. The molecule has 3 N–H and O–H groups in total. The van der Waals surface area contributed by atoms with Gasteiger partial charge in [-0.3, -0.25) is 5.41 Å². The van der Waals surface area contributed by atoms with Crippen molar-refractivity contribution in [3.63, 3.8) is 0 Å². The number of nitrogens with zero attached hydrogens (tertiary/aromatic N) is 1. The number of nitrogens with two attached hydrogens (primary N) is 1. The largest absolute Gasteiger partial charge is 0.417 e. The molecule has 20 heavy (non-hydrogen) atoms. The van der Waals surface area contributed by atoms with Gasteiger partial charge >= 0.3 is 6.18 Å². The summed E-state index contributed by atoms with van der Waals surface area (Å²) >= 11 is 0. The topological polar surface area (TPSA) is 53.1 Å². The highest BCUT2D eigenvalue weighted by Gasteiger charge is 2.35. The van der Waals surface area contributed by atoms with Crippen molar-refractivity contribution >= 4 is 11.5 Å². The Kier molecular flexibility index (Phi) is 3.92. The predicted molar refractivity (Wildman–Crippen MR) is 73.1 cm³/mol. The molecule has 0 aliphatic carbocycles. The molecule has 1 heterocycles. The first kappa shape index (κ1) is 14.7. The van der Waals surface area contributed by atoms with Gasteiger partial charge in [0, 0.05) is 23.8 Å². The summed E-state index contributed by atoms with van der Waals surface area (Å²) in [5, 5.41) is 7.27. The number of halogens is 3. The van der Waals surface area contributed by atoms with Crippen LogP contribution in [-0.4, -0.2) is 18.4 Å². The molecule has 1 saturated heterocycles. The Morgan fingerprint density at radius 2 is 2.05 bits per heavy atom. The Labute approximate surface area is 116 Å². The first-order chi connectivity index (χ1) is 9.30. The fourth-order valence-electron chi connectivity index (χ4n) is 2.66. The SMILES string of the molecule is CC1CCCCN1c1ccc(C(=N)N)c(C(F)(F)F)c1. The van der Waals surface area contributed by atoms with Gasteiger partial charge in [0.05, 0.1) is 5.56 Å². The molecule has 0 spiro atoms. The highest BCUT2D eigenvalue weighted by atomic mass is 19.4. The zero-order chi connectivity index (χ0) is 14.9. The lowest BCUT2D eigenvalue weighted by molar-refractivity contribution is -0.137. The van der Waals surface area contributed by atoms with Crippen LogP contribution in [-0.2, 0) is 6.18 Å². The molecule has 2 rings (SSSR count). The van der Waals surface area contributed by atoms with Crippen molar-refractivity contribution in [2.24, 2.45) is 5.73 Å². The molecule has 6 heteroatoms. The van der Waals surface area contributed by atoms with Crippen molar-refractivity contribution in [2.75, 3.05) is 11.4 Å². The van der Waals surface area contributed by atoms with Crippen LogP contribution in [0.15, 0.2) is 18.2 Å². The van der Waals surface area contributed by atoms with Gasteiger partial charge in [-0.05, 0) is 44.4 Å². The van der Waals surface area contributed by atoms with Crippen molar-refractivity contribution in [3.8, 4) is 0 Å². The molecule has 1 fully saturated rings. The number of nitrogen functional groups attached to an aromatic ring is 1. The second-order valence-electron chi connectivity index (χ2n) is 5.18. The van der Waals surface area contributed by atoms with Crippen LogP contribution < -0.4 is 10.6 Å². The molecule has 0 radical (unpaired) electrons. The average molecular weight is 285 g/mol. The minimum Gasteiger partial charge on any atom is -0.384 e. The lowest BCUT2D eigenvalue weighted by atomic mass is 10.00. The van der Waals surface area contributed by atoms with E-state index in [1.807, 2.05) is 11.8 Å². The van der Waals surface area contributed by atoms with E-state index >= 15 is 0 Å². The maximum atomic E-state index is 13.1. The minimum atomic E-state index is -4.50. The van der Waals surface area contributed by atoms with Crippen LogP contribution in [0.3, 0.4) is 0 Å². The predicted octanol–water partition coefficient (Wildman–Crippen LogP) is 3.37. The Bertz CT molecular complexity index is 511. The van der Waals surface area contributed by atoms with Gasteiger partial charge in [0.1, 0.15) is 5.84 Å². The maximum absolute atomic E-state index is 13.1. The van der Waals surface area contributed by atoms with Crippen molar-refractivity contribution < 1.29 is 13.2 Å². The quantitative estimate of drug-likeness (QED) is 0.646. The number of amidine groups is 1. The van der Waals surface area contributed by atoms with Crippen molar-refractivity contribution in [2.45, 2.75) is 38.4 Å². The molecule has 1 aromatic carbocycles. The van der Waals surface area contributed by atoms with E-state index in [1.165, 1.54) is 6.07 Å². The van der Waals surface area contributed by atoms with E-state index < -0.39 is 17.6 Å². The molecule has 1 aliphatic heterocycles. The highest BCUT2D eigenvalue weighted by Crippen LogP contribution is 2.35. The molecule has 1 atom stereocenters. The van der Waals surface area contributed by atoms with Crippen LogP contribution in [0, 0.1) is 5.41 Å². The van der Waals surface area contributed by atoms with Crippen molar-refractivity contribution in [3.05, 3.63) is 29.3 Å². The van der Waals surface area contributed by atoms with Crippen molar-refractivity contribution in [1.29, 1.82) is 5.41 Å². The van der Waals surface area contributed by atoms with Gasteiger partial charge in [-0.25, -0.2) is 0 Å². The summed E-state index contributed by atoms with van der Waals surface area (Å²) in [7, 11) is 0. The summed E-state index contributed by atoms with van der Waals surface area (Å²) in [6.45, 7) is 2.78. The number of piperidine rings is 1. The van der Waals surface area contributed by atoms with Gasteiger partial charge < -0.3 is 10.6 Å². The molecule has 1 unspecified atom stereocenters. The summed E-state index contributed by atoms with van der Waals surface area (Å²) in [6, 6.07) is 4.25. The molecule has 1 aromatic rings. The molecule has 0 saturated carbocycles. The molecular weight excluding hydrogens is 267 g/mol. The number of alkyl halides is 3. The van der Waals surface area contributed by atoms with Crippen LogP contribution in [0.1, 0.15) is 37.3 Å². The van der Waals surface area contributed by atoms with Gasteiger partial charge in [-0.15, -0.1) is 0 Å². The van der Waals surface area contributed by atoms with E-state index in [9.17, 15) is 13.2 Å². The smallest absolute Gasteiger partial charge is 0.384 e. The van der Waals surface area contributed by atoms with E-state index in [2.05, 4.69) is 0 Å². The lowest BCUT2D eigenvalue weighted by Crippen LogP contribution is -2.37. The Morgan fingerprint density at radius 1 is 1.35 bits per heavy atom. The standard InChI is InChI=1S/C14H18F3N3/c1-9-4-2-3-7-20(9)10-5-6-11(13(18)19)12(8-10)14(15,16)17/h5-6,8-9H,2-4,7H2,1H3,(H3,18,19). The second-order valence-corrected chi connectivity index (χ2v) is 5.18. The summed E-state index contributed by atoms with van der Waals surface area (Å²) < 4.78 is 39.2. The number of benzene rings is 1. The van der Waals surface area contributed by atoms with Gasteiger partial charge in [-0.1, -0.05) is 0 Å². The van der Waals surface area contributed by atoms with Crippen LogP contribution >= 0.6 is 0 Å². The van der Waals surface area contributed by atoms with Crippen LogP contribution in [0.4, 0.5) is 18.9 Å². The van der Waals surface area contributed by atoms with E-state index in [0.29, 0.717) is 5.69 Å². The number of rotatable bonds is 2. The van der Waals surface area contributed by atoms with Crippen LogP contribution in [0.25, 0.3) is 0 Å². The Hall–Kier alpha value is -1.72. The number of anilines is 1. The van der Waals surface area contributed by atoms with E-state index in [0.717, 1.165) is 31.9 Å². The maximum Gasteiger partial charge on any atom is 0.417 e. The molecule has 1 aliphatic rings. The third kappa shape index (κ3) is 2.89. The van der Waals surface area contributed by atoms with Crippen LogP contribution in [0.5, 0.6) is 0 Å². The summed E-state index contributed by atoms with van der Waals surface area (Å²) in [5.74, 6) is -0.560. The minimum absolute atomic E-state index is 0.230. The second kappa shape index (κ2) is 5.34. The van der Waals surface area contributed by atoms with Crippen LogP contribution in [0.2, 0.25) is 0 Å². The summed E-state index contributed by atoms with van der Waals surface area (Å²) in [5.41, 5.74) is 4.70.